The standard InChI is InChI=1S/C5H13NO2S/c1-9(8)5(6)3-2-4-7/h5,7H,2-4,6H2,1H3. The van der Waals surface area contributed by atoms with E-state index < -0.39 is 11.2 Å². The van der Waals surface area contributed by atoms with Gasteiger partial charge >= 0.3 is 0 Å². The summed E-state index contributed by atoms with van der Waals surface area (Å²) in [5.41, 5.74) is 5.39. The van der Waals surface area contributed by atoms with Gasteiger partial charge in [0, 0.05) is 13.0 Å². The molecule has 9 heavy (non-hydrogen) atoms. The van der Waals surface area contributed by atoms with Crippen molar-refractivity contribution in [1.29, 1.82) is 0 Å². The summed E-state index contributed by atoms with van der Waals surface area (Å²) in [4.78, 5) is 0. The van der Waals surface area contributed by atoms with Gasteiger partial charge in [0.2, 0.25) is 0 Å². The average Bonchev–Trinajstić information content (AvgIpc) is 1.82. The highest BCUT2D eigenvalue weighted by atomic mass is 32.2. The SMILES string of the molecule is C[S+]([O-])C(N)CCCO. The molecule has 0 aromatic rings. The van der Waals surface area contributed by atoms with E-state index in [2.05, 4.69) is 0 Å². The number of nitrogens with two attached hydrogens (primary N) is 1. The van der Waals surface area contributed by atoms with Crippen LogP contribution in [0.4, 0.5) is 0 Å². The van der Waals surface area contributed by atoms with Gasteiger partial charge in [-0.2, -0.15) is 0 Å². The minimum atomic E-state index is -0.945. The molecule has 0 aliphatic carbocycles. The van der Waals surface area contributed by atoms with Gasteiger partial charge in [0.1, 0.15) is 0 Å². The number of hydrogen-bond acceptors (Lipinski definition) is 3. The van der Waals surface area contributed by atoms with Crippen LogP contribution in [0.2, 0.25) is 0 Å². The molecule has 0 saturated heterocycles. The third-order valence-electron chi connectivity index (χ3n) is 1.07. The van der Waals surface area contributed by atoms with Crippen molar-refractivity contribution in [3.63, 3.8) is 0 Å². The molecule has 0 bridgehead atoms. The Bertz CT molecular complexity index is 70.0. The Morgan fingerprint density at radius 1 is 1.78 bits per heavy atom. The van der Waals surface area contributed by atoms with Crippen molar-refractivity contribution in [3.05, 3.63) is 0 Å². The van der Waals surface area contributed by atoms with E-state index in [1.807, 2.05) is 0 Å². The molecule has 4 heteroatoms. The first kappa shape index (κ1) is 9.23. The van der Waals surface area contributed by atoms with Crippen LogP contribution in [0.15, 0.2) is 0 Å². The molecule has 0 heterocycles. The van der Waals surface area contributed by atoms with Crippen molar-refractivity contribution in [2.45, 2.75) is 18.2 Å². The lowest BCUT2D eigenvalue weighted by Crippen LogP contribution is -2.29. The van der Waals surface area contributed by atoms with Crippen LogP contribution in [-0.2, 0) is 11.2 Å². The van der Waals surface area contributed by atoms with Crippen molar-refractivity contribution in [2.24, 2.45) is 5.73 Å². The van der Waals surface area contributed by atoms with E-state index in [4.69, 9.17) is 10.8 Å². The molecule has 0 aliphatic rings. The normalized spacial score (nSPS) is 17.3. The second kappa shape index (κ2) is 5.05. The Balaban J connectivity index is 3.16. The molecule has 56 valence electrons. The van der Waals surface area contributed by atoms with Crippen molar-refractivity contribution < 1.29 is 9.66 Å². The second-order valence-electron chi connectivity index (χ2n) is 1.90. The molecule has 2 unspecified atom stereocenters. The molecule has 0 amide bonds. The van der Waals surface area contributed by atoms with Crippen molar-refractivity contribution in [3.8, 4) is 0 Å². The summed E-state index contributed by atoms with van der Waals surface area (Å²) in [5, 5.41) is 8.08. The Morgan fingerprint density at radius 3 is 2.67 bits per heavy atom. The monoisotopic (exact) mass is 151 g/mol. The largest absolute Gasteiger partial charge is 0.615 e. The number of aliphatic hydroxyl groups is 1. The molecule has 0 spiro atoms. The van der Waals surface area contributed by atoms with Crippen LogP contribution in [0.3, 0.4) is 0 Å². The van der Waals surface area contributed by atoms with E-state index in [1.165, 1.54) is 0 Å². The average molecular weight is 151 g/mol. The smallest absolute Gasteiger partial charge is 0.164 e. The van der Waals surface area contributed by atoms with Gasteiger partial charge in [0.25, 0.3) is 0 Å². The minimum Gasteiger partial charge on any atom is -0.615 e. The number of aliphatic hydroxyl groups excluding tert-OH is 1. The maximum atomic E-state index is 10.6. The molecular formula is C5H13NO2S. The van der Waals surface area contributed by atoms with E-state index in [1.54, 1.807) is 6.26 Å². The molecule has 0 aliphatic heterocycles. The van der Waals surface area contributed by atoms with E-state index >= 15 is 0 Å². The predicted octanol–water partition coefficient (Wildman–Crippen LogP) is -0.578. The molecule has 0 rings (SSSR count). The van der Waals surface area contributed by atoms with Crippen LogP contribution < -0.4 is 5.73 Å². The van der Waals surface area contributed by atoms with E-state index in [9.17, 15) is 4.55 Å². The molecule has 0 radical (unpaired) electrons. The fourth-order valence-corrected chi connectivity index (χ4v) is 0.957. The zero-order chi connectivity index (χ0) is 7.28. The van der Waals surface area contributed by atoms with Crippen LogP contribution in [0.5, 0.6) is 0 Å². The summed E-state index contributed by atoms with van der Waals surface area (Å²) >= 11 is -0.945. The van der Waals surface area contributed by atoms with Crippen LogP contribution in [0.25, 0.3) is 0 Å². The van der Waals surface area contributed by atoms with Gasteiger partial charge in [-0.25, -0.2) is 0 Å². The first-order chi connectivity index (χ1) is 4.18. The Kier molecular flexibility index (Phi) is 5.18. The minimum absolute atomic E-state index is 0.130. The lowest BCUT2D eigenvalue weighted by Gasteiger charge is -2.12. The quantitative estimate of drug-likeness (QED) is 0.528. The molecule has 0 saturated carbocycles. The lowest BCUT2D eigenvalue weighted by atomic mass is 10.3. The summed E-state index contributed by atoms with van der Waals surface area (Å²) in [5.74, 6) is 0. The van der Waals surface area contributed by atoms with Crippen molar-refractivity contribution in [1.82, 2.24) is 0 Å². The highest BCUT2D eigenvalue weighted by Crippen LogP contribution is 1.99. The van der Waals surface area contributed by atoms with E-state index in [0.29, 0.717) is 12.8 Å². The van der Waals surface area contributed by atoms with E-state index in [-0.39, 0.29) is 12.0 Å². The maximum absolute atomic E-state index is 10.6. The van der Waals surface area contributed by atoms with Crippen LogP contribution >= 0.6 is 0 Å². The van der Waals surface area contributed by atoms with Gasteiger partial charge in [-0.3, -0.25) is 5.73 Å². The Morgan fingerprint density at radius 2 is 2.33 bits per heavy atom. The summed E-state index contributed by atoms with van der Waals surface area (Å²) in [6.45, 7) is 0.130. The van der Waals surface area contributed by atoms with Crippen molar-refractivity contribution >= 4 is 11.2 Å². The Labute approximate surface area is 58.4 Å². The topological polar surface area (TPSA) is 69.3 Å². The fourth-order valence-electron chi connectivity index (χ4n) is 0.458. The van der Waals surface area contributed by atoms with E-state index in [0.717, 1.165) is 0 Å². The zero-order valence-corrected chi connectivity index (χ0v) is 6.36. The predicted molar refractivity (Wildman–Crippen MR) is 38.4 cm³/mol. The van der Waals surface area contributed by atoms with Crippen LogP contribution in [0, 0.1) is 0 Å². The molecule has 0 aromatic carbocycles. The van der Waals surface area contributed by atoms with Crippen LogP contribution in [0.1, 0.15) is 12.8 Å². The van der Waals surface area contributed by atoms with Gasteiger partial charge in [-0.15, -0.1) is 0 Å². The Hall–Kier alpha value is 0.230. The number of hydrogen-bond donors (Lipinski definition) is 2. The summed E-state index contributed by atoms with van der Waals surface area (Å²) in [7, 11) is 0. The molecule has 3 nitrogen and oxygen atoms in total. The first-order valence-electron chi connectivity index (χ1n) is 2.87. The maximum Gasteiger partial charge on any atom is 0.164 e. The summed E-state index contributed by atoms with van der Waals surface area (Å²) in [6, 6.07) is 0. The lowest BCUT2D eigenvalue weighted by molar-refractivity contribution is 0.283. The third-order valence-corrected chi connectivity index (χ3v) is 2.16. The second-order valence-corrected chi connectivity index (χ2v) is 3.51. The number of rotatable bonds is 4. The van der Waals surface area contributed by atoms with Gasteiger partial charge in [-0.1, -0.05) is 0 Å². The van der Waals surface area contributed by atoms with Gasteiger partial charge in [-0.05, 0) is 17.6 Å². The summed E-state index contributed by atoms with van der Waals surface area (Å²) < 4.78 is 10.6. The van der Waals surface area contributed by atoms with Gasteiger partial charge in [0.05, 0.1) is 6.26 Å². The molecular weight excluding hydrogens is 138 g/mol. The van der Waals surface area contributed by atoms with Gasteiger partial charge in [0.15, 0.2) is 5.37 Å². The highest BCUT2D eigenvalue weighted by Gasteiger charge is 2.09. The van der Waals surface area contributed by atoms with Crippen molar-refractivity contribution in [2.75, 3.05) is 12.9 Å². The first-order valence-corrected chi connectivity index (χ1v) is 4.49. The summed E-state index contributed by atoms with van der Waals surface area (Å²) in [6.07, 6.45) is 2.85. The van der Waals surface area contributed by atoms with Gasteiger partial charge < -0.3 is 9.66 Å². The highest BCUT2D eigenvalue weighted by molar-refractivity contribution is 7.91. The fraction of sp³-hybridized carbons (Fsp3) is 1.00. The molecule has 0 aromatic heterocycles. The van der Waals surface area contributed by atoms with Crippen LogP contribution in [-0.4, -0.2) is 27.9 Å². The molecule has 0 fully saturated rings. The molecule has 2 atom stereocenters. The zero-order valence-electron chi connectivity index (χ0n) is 5.54. The third kappa shape index (κ3) is 4.72. The molecule has 3 N–H and O–H groups in total.